The lowest BCUT2D eigenvalue weighted by Gasteiger charge is -2.16. The van der Waals surface area contributed by atoms with E-state index in [9.17, 15) is 4.79 Å². The van der Waals surface area contributed by atoms with Crippen LogP contribution in [0.15, 0.2) is 30.6 Å². The lowest BCUT2D eigenvalue weighted by Crippen LogP contribution is -2.22. The van der Waals surface area contributed by atoms with Crippen molar-refractivity contribution in [1.82, 2.24) is 19.7 Å². The third-order valence-electron chi connectivity index (χ3n) is 4.43. The Morgan fingerprint density at radius 2 is 2.04 bits per heavy atom. The highest BCUT2D eigenvalue weighted by Gasteiger charge is 2.16. The summed E-state index contributed by atoms with van der Waals surface area (Å²) in [6.07, 6.45) is 3.93. The molecule has 27 heavy (non-hydrogen) atoms. The van der Waals surface area contributed by atoms with Gasteiger partial charge < -0.3 is 14.6 Å². The maximum Gasteiger partial charge on any atom is 0.261 e. The minimum absolute atomic E-state index is 0.0807. The summed E-state index contributed by atoms with van der Waals surface area (Å²) in [5, 5.41) is 3.98. The molecule has 0 aliphatic rings. The van der Waals surface area contributed by atoms with Crippen LogP contribution >= 0.6 is 22.7 Å². The van der Waals surface area contributed by atoms with E-state index in [0.29, 0.717) is 11.4 Å². The normalized spacial score (nSPS) is 11.4. The average Bonchev–Trinajstić information content (AvgIpc) is 3.33. The first-order valence-electron chi connectivity index (χ1n) is 8.95. The number of rotatable bonds is 6. The van der Waals surface area contributed by atoms with Gasteiger partial charge in [-0.15, -0.1) is 11.3 Å². The largest absolute Gasteiger partial charge is 0.349 e. The molecular weight excluding hydrogens is 378 g/mol. The van der Waals surface area contributed by atoms with E-state index in [4.69, 9.17) is 0 Å². The number of aromatic nitrogens is 3. The lowest BCUT2D eigenvalue weighted by molar-refractivity contribution is 0.0954. The molecule has 0 saturated carbocycles. The summed E-state index contributed by atoms with van der Waals surface area (Å²) >= 11 is 3.08. The highest BCUT2D eigenvalue weighted by molar-refractivity contribution is 7.29. The van der Waals surface area contributed by atoms with Crippen LogP contribution in [0.4, 0.5) is 5.13 Å². The maximum atomic E-state index is 12.5. The zero-order chi connectivity index (χ0) is 19.0. The SMILES string of the molecule is CCN(CC)c1nc2sc(C(=O)NCc3cn4ccc(C)cc4n3)cc2s1. The average molecular weight is 400 g/mol. The number of amides is 1. The van der Waals surface area contributed by atoms with Crippen molar-refractivity contribution in [3.8, 4) is 0 Å². The number of carbonyl (C=O) groups is 1. The molecule has 1 N–H and O–H groups in total. The number of thiophene rings is 1. The van der Waals surface area contributed by atoms with Crippen molar-refractivity contribution >= 4 is 48.9 Å². The van der Waals surface area contributed by atoms with Gasteiger partial charge in [0.1, 0.15) is 10.5 Å². The van der Waals surface area contributed by atoms with Gasteiger partial charge in [-0.1, -0.05) is 11.3 Å². The van der Waals surface area contributed by atoms with Crippen LogP contribution in [0.2, 0.25) is 0 Å². The molecule has 0 aromatic carbocycles. The molecule has 140 valence electrons. The molecule has 0 saturated heterocycles. The number of nitrogens with one attached hydrogen (secondary N) is 1. The minimum Gasteiger partial charge on any atom is -0.349 e. The highest BCUT2D eigenvalue weighted by atomic mass is 32.1. The molecule has 1 amide bonds. The Balaban J connectivity index is 1.46. The molecule has 0 aliphatic heterocycles. The van der Waals surface area contributed by atoms with Crippen LogP contribution in [0, 0.1) is 6.92 Å². The van der Waals surface area contributed by atoms with Crippen LogP contribution in [0.5, 0.6) is 0 Å². The Hall–Kier alpha value is -2.45. The molecule has 8 heteroatoms. The first-order chi connectivity index (χ1) is 13.1. The van der Waals surface area contributed by atoms with Crippen LogP contribution in [0.3, 0.4) is 0 Å². The van der Waals surface area contributed by atoms with Crippen molar-refractivity contribution in [2.75, 3.05) is 18.0 Å². The van der Waals surface area contributed by atoms with E-state index in [1.165, 1.54) is 16.9 Å². The Labute approximate surface area is 165 Å². The number of nitrogens with zero attached hydrogens (tertiary/aromatic N) is 4. The molecule has 4 aromatic heterocycles. The van der Waals surface area contributed by atoms with Gasteiger partial charge in [-0.2, -0.15) is 0 Å². The van der Waals surface area contributed by atoms with Crippen molar-refractivity contribution in [2.24, 2.45) is 0 Å². The molecule has 0 spiro atoms. The first-order valence-corrected chi connectivity index (χ1v) is 10.6. The van der Waals surface area contributed by atoms with E-state index in [1.54, 1.807) is 11.3 Å². The Kier molecular flexibility index (Phi) is 4.84. The Bertz CT molecular complexity index is 1070. The van der Waals surface area contributed by atoms with Crippen molar-refractivity contribution in [3.05, 3.63) is 46.7 Å². The van der Waals surface area contributed by atoms with Crippen molar-refractivity contribution in [3.63, 3.8) is 0 Å². The fourth-order valence-corrected chi connectivity index (χ4v) is 5.20. The number of hydrogen-bond donors (Lipinski definition) is 1. The summed E-state index contributed by atoms with van der Waals surface area (Å²) in [4.78, 5) is 25.6. The monoisotopic (exact) mass is 399 g/mol. The number of carbonyl (C=O) groups excluding carboxylic acids is 1. The molecule has 0 bridgehead atoms. The molecule has 0 unspecified atom stereocenters. The van der Waals surface area contributed by atoms with Gasteiger partial charge in [0.25, 0.3) is 5.91 Å². The van der Waals surface area contributed by atoms with Gasteiger partial charge in [0.05, 0.1) is 21.8 Å². The van der Waals surface area contributed by atoms with Crippen molar-refractivity contribution in [1.29, 1.82) is 0 Å². The second-order valence-corrected chi connectivity index (χ2v) is 8.37. The first kappa shape index (κ1) is 17.9. The van der Waals surface area contributed by atoms with Gasteiger partial charge in [-0.3, -0.25) is 4.79 Å². The minimum atomic E-state index is -0.0807. The molecule has 0 atom stereocenters. The highest BCUT2D eigenvalue weighted by Crippen LogP contribution is 2.34. The molecule has 0 radical (unpaired) electrons. The summed E-state index contributed by atoms with van der Waals surface area (Å²) in [6, 6.07) is 6.00. The van der Waals surface area contributed by atoms with Crippen LogP contribution in [0.25, 0.3) is 15.2 Å². The molecule has 4 rings (SSSR count). The van der Waals surface area contributed by atoms with Crippen molar-refractivity contribution in [2.45, 2.75) is 27.3 Å². The summed E-state index contributed by atoms with van der Waals surface area (Å²) in [7, 11) is 0. The molecule has 4 heterocycles. The van der Waals surface area contributed by atoms with Gasteiger partial charge in [0.15, 0.2) is 5.13 Å². The van der Waals surface area contributed by atoms with Crippen LogP contribution < -0.4 is 10.2 Å². The molecule has 0 fully saturated rings. The van der Waals surface area contributed by atoms with Gasteiger partial charge in [-0.05, 0) is 44.5 Å². The van der Waals surface area contributed by atoms with Crippen molar-refractivity contribution < 1.29 is 4.79 Å². The predicted octanol–water partition coefficient (Wildman–Crippen LogP) is 4.09. The number of thiazole rings is 1. The second kappa shape index (κ2) is 7.28. The van der Waals surface area contributed by atoms with E-state index >= 15 is 0 Å². The Morgan fingerprint density at radius 1 is 1.22 bits per heavy atom. The smallest absolute Gasteiger partial charge is 0.261 e. The number of pyridine rings is 1. The third kappa shape index (κ3) is 3.54. The fraction of sp³-hybridized carbons (Fsp3) is 0.316. The van der Waals surface area contributed by atoms with E-state index in [-0.39, 0.29) is 5.91 Å². The lowest BCUT2D eigenvalue weighted by atomic mass is 10.3. The maximum absolute atomic E-state index is 12.5. The van der Waals surface area contributed by atoms with E-state index < -0.39 is 0 Å². The number of hydrogen-bond acceptors (Lipinski definition) is 6. The van der Waals surface area contributed by atoms with Crippen LogP contribution in [-0.4, -0.2) is 33.4 Å². The van der Waals surface area contributed by atoms with Gasteiger partial charge >= 0.3 is 0 Å². The van der Waals surface area contributed by atoms with E-state index in [1.807, 2.05) is 41.9 Å². The number of imidazole rings is 1. The predicted molar refractivity (Wildman–Crippen MR) is 112 cm³/mol. The molecule has 4 aromatic rings. The number of anilines is 1. The van der Waals surface area contributed by atoms with Gasteiger partial charge in [0, 0.05) is 25.5 Å². The zero-order valence-electron chi connectivity index (χ0n) is 15.5. The number of aryl methyl sites for hydroxylation is 1. The quantitative estimate of drug-likeness (QED) is 0.530. The third-order valence-corrected chi connectivity index (χ3v) is 6.65. The topological polar surface area (TPSA) is 62.5 Å². The summed E-state index contributed by atoms with van der Waals surface area (Å²) in [5.74, 6) is -0.0807. The Morgan fingerprint density at radius 3 is 2.78 bits per heavy atom. The molecule has 6 nitrogen and oxygen atoms in total. The standard InChI is InChI=1S/C19H21N5OS2/c1-4-23(5-2)19-22-18-15(27-19)9-14(26-18)17(25)20-10-13-11-24-7-6-12(3)8-16(24)21-13/h6-9,11H,4-5,10H2,1-3H3,(H,20,25). The number of fused-ring (bicyclic) bond motifs is 2. The van der Waals surface area contributed by atoms with Gasteiger partial charge in [0.2, 0.25) is 0 Å². The summed E-state index contributed by atoms with van der Waals surface area (Å²) in [5.41, 5.74) is 2.90. The van der Waals surface area contributed by atoms with E-state index in [2.05, 4.69) is 34.0 Å². The molecule has 0 aliphatic carbocycles. The summed E-state index contributed by atoms with van der Waals surface area (Å²) < 4.78 is 3.03. The fourth-order valence-electron chi connectivity index (χ4n) is 2.94. The van der Waals surface area contributed by atoms with E-state index in [0.717, 1.165) is 39.1 Å². The second-order valence-electron chi connectivity index (χ2n) is 6.33. The van der Waals surface area contributed by atoms with Crippen LogP contribution in [-0.2, 0) is 6.54 Å². The van der Waals surface area contributed by atoms with Crippen LogP contribution in [0.1, 0.15) is 34.8 Å². The summed E-state index contributed by atoms with van der Waals surface area (Å²) in [6.45, 7) is 8.56. The molecular formula is C19H21N5OS2. The van der Waals surface area contributed by atoms with Gasteiger partial charge in [-0.25, -0.2) is 9.97 Å². The zero-order valence-corrected chi connectivity index (χ0v) is 17.2.